The molecule has 0 bridgehead atoms. The minimum atomic E-state index is -0.261. The van der Waals surface area contributed by atoms with Gasteiger partial charge in [0, 0.05) is 30.4 Å². The standard InChI is InChI=1S/C18H14N4O3S/c1-22-14-7-11(4-5-15(14)25-9-16(22)23)13-10-26-18(20-13)21-17(24)12-3-2-6-19-8-12/h2-8,10H,9H2,1H3,(H,20,21,24). The quantitative estimate of drug-likeness (QED) is 0.770. The Morgan fingerprint density at radius 3 is 3.04 bits per heavy atom. The summed E-state index contributed by atoms with van der Waals surface area (Å²) in [4.78, 5) is 33.9. The molecule has 0 spiro atoms. The van der Waals surface area contributed by atoms with Gasteiger partial charge >= 0.3 is 0 Å². The summed E-state index contributed by atoms with van der Waals surface area (Å²) in [5.41, 5.74) is 2.72. The van der Waals surface area contributed by atoms with E-state index in [0.29, 0.717) is 27.8 Å². The van der Waals surface area contributed by atoms with Crippen LogP contribution in [0.1, 0.15) is 10.4 Å². The highest BCUT2D eigenvalue weighted by Gasteiger charge is 2.23. The number of benzene rings is 1. The number of carbonyl (C=O) groups excluding carboxylic acids is 2. The first-order chi connectivity index (χ1) is 12.6. The summed E-state index contributed by atoms with van der Waals surface area (Å²) in [6, 6.07) is 8.95. The molecule has 4 rings (SSSR count). The third kappa shape index (κ3) is 3.02. The van der Waals surface area contributed by atoms with Crippen LogP contribution in [0.5, 0.6) is 5.75 Å². The number of amides is 2. The zero-order valence-corrected chi connectivity index (χ0v) is 14.6. The number of fused-ring (bicyclic) bond motifs is 1. The van der Waals surface area contributed by atoms with Crippen LogP contribution in [0, 0.1) is 0 Å². The number of rotatable bonds is 3. The van der Waals surface area contributed by atoms with Crippen molar-refractivity contribution in [3.05, 3.63) is 53.7 Å². The molecule has 1 aliphatic heterocycles. The smallest absolute Gasteiger partial charge is 0.264 e. The molecule has 0 atom stereocenters. The van der Waals surface area contributed by atoms with Gasteiger partial charge in [-0.05, 0) is 30.3 Å². The number of thiazole rings is 1. The molecular formula is C18H14N4O3S. The second-order valence-corrected chi connectivity index (χ2v) is 6.52. The van der Waals surface area contributed by atoms with Gasteiger partial charge in [0.15, 0.2) is 11.7 Å². The Balaban J connectivity index is 1.57. The molecule has 1 N–H and O–H groups in total. The van der Waals surface area contributed by atoms with Crippen LogP contribution in [0.2, 0.25) is 0 Å². The molecule has 0 fully saturated rings. The van der Waals surface area contributed by atoms with Gasteiger partial charge in [-0.3, -0.25) is 19.9 Å². The Bertz CT molecular complexity index is 987. The number of aromatic nitrogens is 2. The molecule has 3 aromatic rings. The lowest BCUT2D eigenvalue weighted by Gasteiger charge is -2.26. The molecule has 0 saturated carbocycles. The molecule has 1 aliphatic rings. The van der Waals surface area contributed by atoms with Gasteiger partial charge in [0.2, 0.25) is 0 Å². The predicted molar refractivity (Wildman–Crippen MR) is 98.6 cm³/mol. The maximum Gasteiger partial charge on any atom is 0.264 e. The minimum Gasteiger partial charge on any atom is -0.482 e. The molecule has 0 aliphatic carbocycles. The summed E-state index contributed by atoms with van der Waals surface area (Å²) in [5.74, 6) is 0.303. The summed E-state index contributed by atoms with van der Waals surface area (Å²) in [6.07, 6.45) is 3.11. The molecule has 3 heterocycles. The summed E-state index contributed by atoms with van der Waals surface area (Å²) in [6.45, 7) is 0.0457. The minimum absolute atomic E-state index is 0.0457. The first kappa shape index (κ1) is 16.2. The van der Waals surface area contributed by atoms with Crippen LogP contribution in [0.4, 0.5) is 10.8 Å². The molecular weight excluding hydrogens is 352 g/mol. The number of hydrogen-bond acceptors (Lipinski definition) is 6. The van der Waals surface area contributed by atoms with E-state index in [1.54, 1.807) is 30.3 Å². The van der Waals surface area contributed by atoms with E-state index in [1.807, 2.05) is 23.6 Å². The average Bonchev–Trinajstić information content (AvgIpc) is 3.14. The molecule has 0 saturated heterocycles. The van der Waals surface area contributed by atoms with Gasteiger partial charge in [0.1, 0.15) is 5.75 Å². The van der Waals surface area contributed by atoms with E-state index in [4.69, 9.17) is 4.74 Å². The number of hydrogen-bond donors (Lipinski definition) is 1. The highest BCUT2D eigenvalue weighted by molar-refractivity contribution is 7.14. The van der Waals surface area contributed by atoms with Gasteiger partial charge in [-0.1, -0.05) is 0 Å². The molecule has 8 heteroatoms. The Hall–Kier alpha value is -3.26. The number of pyridine rings is 1. The first-order valence-electron chi connectivity index (χ1n) is 7.82. The number of nitrogens with one attached hydrogen (secondary N) is 1. The molecule has 2 amide bonds. The van der Waals surface area contributed by atoms with Gasteiger partial charge < -0.3 is 9.64 Å². The van der Waals surface area contributed by atoms with Crippen molar-refractivity contribution in [1.29, 1.82) is 0 Å². The Kier molecular flexibility index (Phi) is 4.10. The van der Waals surface area contributed by atoms with Crippen LogP contribution in [0.25, 0.3) is 11.3 Å². The molecule has 0 radical (unpaired) electrons. The van der Waals surface area contributed by atoms with Crippen molar-refractivity contribution >= 4 is 34.0 Å². The normalized spacial score (nSPS) is 13.1. The zero-order valence-electron chi connectivity index (χ0n) is 13.8. The van der Waals surface area contributed by atoms with Gasteiger partial charge in [-0.2, -0.15) is 0 Å². The van der Waals surface area contributed by atoms with Gasteiger partial charge in [-0.15, -0.1) is 11.3 Å². The largest absolute Gasteiger partial charge is 0.482 e. The molecule has 2 aromatic heterocycles. The lowest BCUT2D eigenvalue weighted by Crippen LogP contribution is -2.35. The van der Waals surface area contributed by atoms with Crippen molar-refractivity contribution in [3.8, 4) is 17.0 Å². The van der Waals surface area contributed by atoms with Gasteiger partial charge in [0.25, 0.3) is 11.8 Å². The first-order valence-corrected chi connectivity index (χ1v) is 8.70. The maximum atomic E-state index is 12.2. The van der Waals surface area contributed by atoms with Gasteiger partial charge in [-0.25, -0.2) is 4.98 Å². The van der Waals surface area contributed by atoms with Crippen molar-refractivity contribution in [2.75, 3.05) is 23.9 Å². The van der Waals surface area contributed by atoms with E-state index in [0.717, 1.165) is 5.56 Å². The summed E-state index contributed by atoms with van der Waals surface area (Å²) >= 11 is 1.33. The Labute approximate surface area is 153 Å². The van der Waals surface area contributed by atoms with Crippen molar-refractivity contribution in [2.24, 2.45) is 0 Å². The number of likely N-dealkylation sites (N-methyl/N-ethyl adjacent to an activating group) is 1. The second-order valence-electron chi connectivity index (χ2n) is 5.66. The van der Waals surface area contributed by atoms with Crippen LogP contribution in [0.3, 0.4) is 0 Å². The van der Waals surface area contributed by atoms with E-state index in [-0.39, 0.29) is 18.4 Å². The van der Waals surface area contributed by atoms with E-state index in [1.165, 1.54) is 17.5 Å². The molecule has 0 unspecified atom stereocenters. The van der Waals surface area contributed by atoms with Gasteiger partial charge in [0.05, 0.1) is 16.9 Å². The SMILES string of the molecule is CN1C(=O)COc2ccc(-c3csc(NC(=O)c4cccnc4)n3)cc21. The summed E-state index contributed by atoms with van der Waals surface area (Å²) < 4.78 is 5.43. The lowest BCUT2D eigenvalue weighted by molar-refractivity contribution is -0.120. The second kappa shape index (κ2) is 6.57. The third-order valence-corrected chi connectivity index (χ3v) is 4.75. The van der Waals surface area contributed by atoms with Crippen molar-refractivity contribution in [2.45, 2.75) is 0 Å². The third-order valence-electron chi connectivity index (χ3n) is 3.99. The molecule has 130 valence electrons. The monoisotopic (exact) mass is 366 g/mol. The highest BCUT2D eigenvalue weighted by Crippen LogP contribution is 2.36. The topological polar surface area (TPSA) is 84.4 Å². The highest BCUT2D eigenvalue weighted by atomic mass is 32.1. The van der Waals surface area contributed by atoms with Crippen LogP contribution < -0.4 is 15.0 Å². The van der Waals surface area contributed by atoms with E-state index >= 15 is 0 Å². The number of nitrogens with zero attached hydrogens (tertiary/aromatic N) is 3. The van der Waals surface area contributed by atoms with E-state index < -0.39 is 0 Å². The van der Waals surface area contributed by atoms with Crippen LogP contribution in [-0.2, 0) is 4.79 Å². The lowest BCUT2D eigenvalue weighted by atomic mass is 10.1. The van der Waals surface area contributed by atoms with Crippen LogP contribution in [-0.4, -0.2) is 35.4 Å². The molecule has 7 nitrogen and oxygen atoms in total. The van der Waals surface area contributed by atoms with Crippen LogP contribution >= 0.6 is 11.3 Å². The Morgan fingerprint density at radius 2 is 2.23 bits per heavy atom. The predicted octanol–water partition coefficient (Wildman–Crippen LogP) is 2.81. The molecule has 1 aromatic carbocycles. The molecule has 26 heavy (non-hydrogen) atoms. The fraction of sp³-hybridized carbons (Fsp3) is 0.111. The summed E-state index contributed by atoms with van der Waals surface area (Å²) in [7, 11) is 1.72. The van der Waals surface area contributed by atoms with Crippen LogP contribution in [0.15, 0.2) is 48.1 Å². The van der Waals surface area contributed by atoms with Crippen molar-refractivity contribution in [3.63, 3.8) is 0 Å². The average molecular weight is 366 g/mol. The maximum absolute atomic E-state index is 12.2. The fourth-order valence-corrected chi connectivity index (χ4v) is 3.28. The number of ether oxygens (including phenoxy) is 1. The Morgan fingerprint density at radius 1 is 1.35 bits per heavy atom. The zero-order chi connectivity index (χ0) is 18.1. The van der Waals surface area contributed by atoms with E-state index in [2.05, 4.69) is 15.3 Å². The number of anilines is 2. The number of carbonyl (C=O) groups is 2. The summed E-state index contributed by atoms with van der Waals surface area (Å²) in [5, 5.41) is 5.11. The fourth-order valence-electron chi connectivity index (χ4n) is 2.56. The van der Waals surface area contributed by atoms with Crippen molar-refractivity contribution < 1.29 is 14.3 Å². The van der Waals surface area contributed by atoms with Crippen molar-refractivity contribution in [1.82, 2.24) is 9.97 Å². The van der Waals surface area contributed by atoms with E-state index in [9.17, 15) is 9.59 Å².